The summed E-state index contributed by atoms with van der Waals surface area (Å²) in [4.78, 5) is 34.4. The van der Waals surface area contributed by atoms with Gasteiger partial charge in [-0.05, 0) is 30.5 Å². The standard InChI is InChI=1S/C15H22N4O3.ClH/c1-9(2)6-12(16)15(22)19-11-5-3-4-10(7-11)14(21)18-8-13(17)20;/h3-5,7,9,12H,6,8,16H2,1-2H3,(H2,17,20)(H,18,21)(H,19,22);1H/t12-;/m0./s1. The van der Waals surface area contributed by atoms with Crippen molar-refractivity contribution in [3.05, 3.63) is 29.8 Å². The summed E-state index contributed by atoms with van der Waals surface area (Å²) in [5, 5.41) is 5.05. The highest BCUT2D eigenvalue weighted by Gasteiger charge is 2.15. The van der Waals surface area contributed by atoms with E-state index in [0.29, 0.717) is 23.6 Å². The molecule has 0 saturated heterocycles. The lowest BCUT2D eigenvalue weighted by atomic mass is 10.0. The molecule has 0 spiro atoms. The fourth-order valence-electron chi connectivity index (χ4n) is 1.86. The summed E-state index contributed by atoms with van der Waals surface area (Å²) in [6.07, 6.45) is 0.574. The van der Waals surface area contributed by atoms with Gasteiger partial charge < -0.3 is 22.1 Å². The van der Waals surface area contributed by atoms with E-state index >= 15 is 0 Å². The number of rotatable bonds is 7. The van der Waals surface area contributed by atoms with Crippen LogP contribution in [0.25, 0.3) is 0 Å². The Balaban J connectivity index is 0.00000484. The maximum atomic E-state index is 11.9. The zero-order valence-electron chi connectivity index (χ0n) is 13.2. The van der Waals surface area contributed by atoms with E-state index < -0.39 is 17.9 Å². The van der Waals surface area contributed by atoms with Crippen molar-refractivity contribution in [2.24, 2.45) is 17.4 Å². The molecule has 23 heavy (non-hydrogen) atoms. The van der Waals surface area contributed by atoms with Gasteiger partial charge in [-0.15, -0.1) is 12.4 Å². The van der Waals surface area contributed by atoms with E-state index in [-0.39, 0.29) is 24.9 Å². The van der Waals surface area contributed by atoms with E-state index in [1.54, 1.807) is 18.2 Å². The monoisotopic (exact) mass is 342 g/mol. The second-order valence-electron chi connectivity index (χ2n) is 5.46. The molecule has 0 aliphatic rings. The lowest BCUT2D eigenvalue weighted by Crippen LogP contribution is -2.36. The molecule has 0 saturated carbocycles. The summed E-state index contributed by atoms with van der Waals surface area (Å²) in [6.45, 7) is 3.72. The van der Waals surface area contributed by atoms with Crippen LogP contribution in [0, 0.1) is 5.92 Å². The number of nitrogens with one attached hydrogen (secondary N) is 2. The molecule has 6 N–H and O–H groups in total. The van der Waals surface area contributed by atoms with Crippen LogP contribution in [-0.2, 0) is 9.59 Å². The molecule has 128 valence electrons. The molecule has 0 radical (unpaired) electrons. The first-order chi connectivity index (χ1) is 10.3. The Hall–Kier alpha value is -2.12. The number of benzene rings is 1. The van der Waals surface area contributed by atoms with Crippen LogP contribution in [0.2, 0.25) is 0 Å². The smallest absolute Gasteiger partial charge is 0.251 e. The molecule has 0 aliphatic carbocycles. The summed E-state index contributed by atoms with van der Waals surface area (Å²) in [6, 6.07) is 5.76. The Morgan fingerprint density at radius 3 is 2.43 bits per heavy atom. The molecule has 1 rings (SSSR count). The predicted octanol–water partition coefficient (Wildman–Crippen LogP) is 0.635. The van der Waals surface area contributed by atoms with E-state index in [9.17, 15) is 14.4 Å². The number of halogens is 1. The quantitative estimate of drug-likeness (QED) is 0.579. The molecule has 8 heteroatoms. The molecule has 1 atom stereocenters. The number of amides is 3. The van der Waals surface area contributed by atoms with Crippen LogP contribution in [-0.4, -0.2) is 30.3 Å². The highest BCUT2D eigenvalue weighted by Crippen LogP contribution is 2.12. The minimum absolute atomic E-state index is 0. The van der Waals surface area contributed by atoms with Gasteiger partial charge in [-0.25, -0.2) is 0 Å². The van der Waals surface area contributed by atoms with Gasteiger partial charge in [0.2, 0.25) is 11.8 Å². The molecule has 7 nitrogen and oxygen atoms in total. The van der Waals surface area contributed by atoms with E-state index in [1.807, 2.05) is 13.8 Å². The van der Waals surface area contributed by atoms with Crippen LogP contribution in [0.5, 0.6) is 0 Å². The van der Waals surface area contributed by atoms with Crippen molar-refractivity contribution >= 4 is 35.8 Å². The van der Waals surface area contributed by atoms with Gasteiger partial charge in [0.15, 0.2) is 0 Å². The van der Waals surface area contributed by atoms with Gasteiger partial charge in [-0.2, -0.15) is 0 Å². The topological polar surface area (TPSA) is 127 Å². The van der Waals surface area contributed by atoms with Crippen molar-refractivity contribution < 1.29 is 14.4 Å². The third-order valence-electron chi connectivity index (χ3n) is 2.88. The first kappa shape index (κ1) is 20.9. The number of nitrogens with two attached hydrogens (primary N) is 2. The van der Waals surface area contributed by atoms with E-state index in [0.717, 1.165) is 0 Å². The lowest BCUT2D eigenvalue weighted by molar-refractivity contribution is -0.118. The van der Waals surface area contributed by atoms with Gasteiger partial charge in [0.1, 0.15) is 0 Å². The fourth-order valence-corrected chi connectivity index (χ4v) is 1.86. The van der Waals surface area contributed by atoms with Crippen molar-refractivity contribution in [3.63, 3.8) is 0 Å². The molecule has 0 aliphatic heterocycles. The number of carbonyl (C=O) groups excluding carboxylic acids is 3. The second-order valence-corrected chi connectivity index (χ2v) is 5.46. The van der Waals surface area contributed by atoms with E-state index in [1.165, 1.54) is 6.07 Å². The van der Waals surface area contributed by atoms with Crippen LogP contribution in [0.15, 0.2) is 24.3 Å². The van der Waals surface area contributed by atoms with Crippen molar-refractivity contribution in [2.75, 3.05) is 11.9 Å². The molecule has 1 aromatic carbocycles. The van der Waals surface area contributed by atoms with Gasteiger partial charge in [-0.1, -0.05) is 19.9 Å². The molecule has 1 aromatic rings. The van der Waals surface area contributed by atoms with Crippen LogP contribution in [0.4, 0.5) is 5.69 Å². The maximum Gasteiger partial charge on any atom is 0.251 e. The zero-order valence-corrected chi connectivity index (χ0v) is 14.0. The molecular formula is C15H23ClN4O3. The molecule has 3 amide bonds. The predicted molar refractivity (Wildman–Crippen MR) is 91.3 cm³/mol. The van der Waals surface area contributed by atoms with E-state index in [2.05, 4.69) is 10.6 Å². The summed E-state index contributed by atoms with van der Waals surface area (Å²) >= 11 is 0. The van der Waals surface area contributed by atoms with E-state index in [4.69, 9.17) is 11.5 Å². The SMILES string of the molecule is CC(C)C[C@H](N)C(=O)Nc1cccc(C(=O)NCC(N)=O)c1.Cl. The van der Waals surface area contributed by atoms with Gasteiger partial charge in [-0.3, -0.25) is 14.4 Å². The molecule has 0 bridgehead atoms. The van der Waals surface area contributed by atoms with Crippen molar-refractivity contribution in [3.8, 4) is 0 Å². The second kappa shape index (κ2) is 9.81. The summed E-state index contributed by atoms with van der Waals surface area (Å²) < 4.78 is 0. The van der Waals surface area contributed by atoms with Gasteiger partial charge in [0.05, 0.1) is 12.6 Å². The normalized spacial score (nSPS) is 11.3. The Labute approximate surface area is 141 Å². The average Bonchev–Trinajstić information content (AvgIpc) is 2.44. The van der Waals surface area contributed by atoms with Crippen molar-refractivity contribution in [1.29, 1.82) is 0 Å². The molecule has 0 aromatic heterocycles. The first-order valence-corrected chi connectivity index (χ1v) is 7.02. The number of carbonyl (C=O) groups is 3. The Bertz CT molecular complexity index is 563. The number of anilines is 1. The Morgan fingerprint density at radius 1 is 1.22 bits per heavy atom. The van der Waals surface area contributed by atoms with Crippen LogP contribution in [0.1, 0.15) is 30.6 Å². The van der Waals surface area contributed by atoms with Crippen LogP contribution in [0.3, 0.4) is 0 Å². The lowest BCUT2D eigenvalue weighted by Gasteiger charge is -2.14. The fraction of sp³-hybridized carbons (Fsp3) is 0.400. The molecule has 0 heterocycles. The Kier molecular flexibility index (Phi) is 8.90. The highest BCUT2D eigenvalue weighted by molar-refractivity contribution is 5.99. The molecular weight excluding hydrogens is 320 g/mol. The number of hydrogen-bond donors (Lipinski definition) is 4. The van der Waals surface area contributed by atoms with Crippen molar-refractivity contribution in [2.45, 2.75) is 26.3 Å². The van der Waals surface area contributed by atoms with Gasteiger partial charge >= 0.3 is 0 Å². The highest BCUT2D eigenvalue weighted by atomic mass is 35.5. The Morgan fingerprint density at radius 2 is 1.87 bits per heavy atom. The third-order valence-corrected chi connectivity index (χ3v) is 2.88. The number of hydrogen-bond acceptors (Lipinski definition) is 4. The average molecular weight is 343 g/mol. The minimum Gasteiger partial charge on any atom is -0.368 e. The zero-order chi connectivity index (χ0) is 16.7. The van der Waals surface area contributed by atoms with Crippen LogP contribution < -0.4 is 22.1 Å². The summed E-state index contributed by atoms with van der Waals surface area (Å²) in [5.41, 5.74) is 11.5. The minimum atomic E-state index is -0.627. The third kappa shape index (κ3) is 7.62. The summed E-state index contributed by atoms with van der Waals surface area (Å²) in [5.74, 6) is -1.06. The molecule has 0 fully saturated rings. The summed E-state index contributed by atoms with van der Waals surface area (Å²) in [7, 11) is 0. The van der Waals surface area contributed by atoms with Crippen molar-refractivity contribution in [1.82, 2.24) is 5.32 Å². The number of primary amides is 1. The van der Waals surface area contributed by atoms with Gasteiger partial charge in [0.25, 0.3) is 5.91 Å². The molecule has 0 unspecified atom stereocenters. The van der Waals surface area contributed by atoms with Gasteiger partial charge in [0, 0.05) is 11.3 Å². The van der Waals surface area contributed by atoms with Crippen LogP contribution >= 0.6 is 12.4 Å². The largest absolute Gasteiger partial charge is 0.368 e. The first-order valence-electron chi connectivity index (χ1n) is 7.02. The maximum absolute atomic E-state index is 11.9.